The first-order chi connectivity index (χ1) is 16.4. The van der Waals surface area contributed by atoms with Crippen LogP contribution in [0.3, 0.4) is 0 Å². The van der Waals surface area contributed by atoms with Gasteiger partial charge < -0.3 is 25.4 Å². The van der Waals surface area contributed by atoms with Crippen molar-refractivity contribution < 1.29 is 29.6 Å². The molecular formula is C25H35N3O6. The summed E-state index contributed by atoms with van der Waals surface area (Å²) in [5, 5.41) is 28.2. The predicted molar refractivity (Wildman–Crippen MR) is 128 cm³/mol. The number of nitrogens with zero attached hydrogens (tertiary/aromatic N) is 2. The van der Waals surface area contributed by atoms with Gasteiger partial charge in [-0.1, -0.05) is 60.7 Å². The van der Waals surface area contributed by atoms with E-state index in [9.17, 15) is 5.11 Å². The van der Waals surface area contributed by atoms with Gasteiger partial charge in [0.1, 0.15) is 0 Å². The van der Waals surface area contributed by atoms with E-state index in [1.54, 1.807) is 0 Å². The van der Waals surface area contributed by atoms with Crippen LogP contribution in [0.1, 0.15) is 11.1 Å². The molecule has 2 aromatic carbocycles. The van der Waals surface area contributed by atoms with E-state index in [1.807, 2.05) is 30.3 Å². The van der Waals surface area contributed by atoms with Gasteiger partial charge in [0.05, 0.1) is 19.3 Å². The maximum Gasteiger partial charge on any atom is 0.414 e. The lowest BCUT2D eigenvalue weighted by Gasteiger charge is -2.34. The number of ether oxygens (including phenoxy) is 1. The molecule has 0 bridgehead atoms. The highest BCUT2D eigenvalue weighted by Crippen LogP contribution is 2.08. The van der Waals surface area contributed by atoms with Crippen molar-refractivity contribution in [3.05, 3.63) is 71.8 Å². The Labute approximate surface area is 200 Å². The predicted octanol–water partition coefficient (Wildman–Crippen LogP) is 1.13. The number of carboxylic acids is 2. The first-order valence-corrected chi connectivity index (χ1v) is 11.4. The van der Waals surface area contributed by atoms with E-state index in [2.05, 4.69) is 45.4 Å². The molecule has 1 fully saturated rings. The molecule has 1 atom stereocenters. The number of rotatable bonds is 11. The molecular weight excluding hydrogens is 438 g/mol. The maximum absolute atomic E-state index is 10.0. The highest BCUT2D eigenvalue weighted by atomic mass is 16.5. The Morgan fingerprint density at radius 1 is 0.853 bits per heavy atom. The number of hydrogen-bond acceptors (Lipinski definition) is 7. The second kappa shape index (κ2) is 15.9. The number of aliphatic hydroxyl groups is 1. The van der Waals surface area contributed by atoms with Gasteiger partial charge in [-0.2, -0.15) is 0 Å². The normalized spacial score (nSPS) is 15.2. The number of carboxylic acid groups (broad SMARTS) is 2. The molecule has 1 aliphatic rings. The van der Waals surface area contributed by atoms with Crippen LogP contribution >= 0.6 is 0 Å². The fourth-order valence-electron chi connectivity index (χ4n) is 3.46. The summed E-state index contributed by atoms with van der Waals surface area (Å²) >= 11 is 0. The molecule has 1 heterocycles. The maximum atomic E-state index is 10.0. The summed E-state index contributed by atoms with van der Waals surface area (Å²) < 4.78 is 5.58. The van der Waals surface area contributed by atoms with Gasteiger partial charge in [0.2, 0.25) is 0 Å². The van der Waals surface area contributed by atoms with E-state index in [1.165, 1.54) is 5.56 Å². The monoisotopic (exact) mass is 473 g/mol. The molecule has 4 N–H and O–H groups in total. The summed E-state index contributed by atoms with van der Waals surface area (Å²) in [5.74, 6) is -3.65. The highest BCUT2D eigenvalue weighted by molar-refractivity contribution is 6.27. The first-order valence-electron chi connectivity index (χ1n) is 11.4. The summed E-state index contributed by atoms with van der Waals surface area (Å²) in [6, 6.07) is 20.7. The SMILES string of the molecule is O=C(O)C(=O)O.OC(CNCCN1CCN(Cc2ccccc2)CC1)COCc1ccccc1. The first kappa shape index (κ1) is 27.4. The molecule has 9 heteroatoms. The molecule has 0 spiro atoms. The van der Waals surface area contributed by atoms with Crippen LogP contribution in [-0.4, -0.2) is 95.6 Å². The zero-order valence-corrected chi connectivity index (χ0v) is 19.4. The summed E-state index contributed by atoms with van der Waals surface area (Å²) in [6.45, 7) is 8.89. The molecule has 1 aliphatic heterocycles. The molecule has 0 aromatic heterocycles. The highest BCUT2D eigenvalue weighted by Gasteiger charge is 2.16. The second-order valence-corrected chi connectivity index (χ2v) is 8.07. The Morgan fingerprint density at radius 3 is 1.94 bits per heavy atom. The van der Waals surface area contributed by atoms with Crippen molar-refractivity contribution in [2.75, 3.05) is 52.4 Å². The number of benzene rings is 2. The molecule has 9 nitrogen and oxygen atoms in total. The van der Waals surface area contributed by atoms with Gasteiger partial charge >= 0.3 is 11.9 Å². The zero-order valence-electron chi connectivity index (χ0n) is 19.4. The Kier molecular flexibility index (Phi) is 12.8. The van der Waals surface area contributed by atoms with E-state index in [4.69, 9.17) is 24.5 Å². The number of aliphatic hydroxyl groups excluding tert-OH is 1. The quantitative estimate of drug-likeness (QED) is 0.281. The van der Waals surface area contributed by atoms with Gasteiger partial charge in [-0.25, -0.2) is 9.59 Å². The fourth-order valence-corrected chi connectivity index (χ4v) is 3.46. The van der Waals surface area contributed by atoms with Crippen molar-refractivity contribution in [2.45, 2.75) is 19.3 Å². The third-order valence-electron chi connectivity index (χ3n) is 5.30. The van der Waals surface area contributed by atoms with Gasteiger partial charge in [0, 0.05) is 52.4 Å². The van der Waals surface area contributed by atoms with Crippen LogP contribution in [-0.2, 0) is 27.5 Å². The smallest absolute Gasteiger partial charge is 0.414 e. The Bertz CT molecular complexity index is 817. The number of piperazine rings is 1. The van der Waals surface area contributed by atoms with E-state index in [-0.39, 0.29) is 0 Å². The van der Waals surface area contributed by atoms with E-state index in [0.29, 0.717) is 19.8 Å². The molecule has 0 saturated carbocycles. The van der Waals surface area contributed by atoms with Gasteiger partial charge in [-0.3, -0.25) is 9.80 Å². The number of carbonyl (C=O) groups is 2. The van der Waals surface area contributed by atoms with Crippen LogP contribution in [0.25, 0.3) is 0 Å². The van der Waals surface area contributed by atoms with E-state index < -0.39 is 18.0 Å². The van der Waals surface area contributed by atoms with Crippen LogP contribution in [0.5, 0.6) is 0 Å². The summed E-state index contributed by atoms with van der Waals surface area (Å²) in [6.07, 6.45) is -0.466. The van der Waals surface area contributed by atoms with Crippen LogP contribution in [0.15, 0.2) is 60.7 Å². The van der Waals surface area contributed by atoms with Crippen molar-refractivity contribution in [1.82, 2.24) is 15.1 Å². The fraction of sp³-hybridized carbons (Fsp3) is 0.440. The minimum absolute atomic E-state index is 0.361. The molecule has 186 valence electrons. The third kappa shape index (κ3) is 11.9. The lowest BCUT2D eigenvalue weighted by Crippen LogP contribution is -2.48. The molecule has 1 saturated heterocycles. The van der Waals surface area contributed by atoms with Crippen molar-refractivity contribution in [3.8, 4) is 0 Å². The Hall–Kier alpha value is -2.82. The van der Waals surface area contributed by atoms with Crippen molar-refractivity contribution in [1.29, 1.82) is 0 Å². The van der Waals surface area contributed by atoms with Gasteiger partial charge in [0.25, 0.3) is 0 Å². The second-order valence-electron chi connectivity index (χ2n) is 8.07. The Morgan fingerprint density at radius 2 is 1.38 bits per heavy atom. The number of aliphatic carboxylic acids is 2. The van der Waals surface area contributed by atoms with Gasteiger partial charge in [-0.15, -0.1) is 0 Å². The van der Waals surface area contributed by atoms with Gasteiger partial charge in [-0.05, 0) is 11.1 Å². The lowest BCUT2D eigenvalue weighted by atomic mass is 10.2. The zero-order chi connectivity index (χ0) is 24.6. The molecule has 1 unspecified atom stereocenters. The van der Waals surface area contributed by atoms with Crippen molar-refractivity contribution >= 4 is 11.9 Å². The minimum Gasteiger partial charge on any atom is -0.473 e. The largest absolute Gasteiger partial charge is 0.473 e. The van der Waals surface area contributed by atoms with E-state index >= 15 is 0 Å². The van der Waals surface area contributed by atoms with E-state index in [0.717, 1.165) is 51.4 Å². The topological polar surface area (TPSA) is 123 Å². The molecule has 34 heavy (non-hydrogen) atoms. The average Bonchev–Trinajstić information content (AvgIpc) is 2.84. The molecule has 0 radical (unpaired) electrons. The van der Waals surface area contributed by atoms with Crippen LogP contribution in [0.2, 0.25) is 0 Å². The van der Waals surface area contributed by atoms with Crippen LogP contribution in [0, 0.1) is 0 Å². The van der Waals surface area contributed by atoms with Crippen LogP contribution in [0.4, 0.5) is 0 Å². The number of nitrogens with one attached hydrogen (secondary N) is 1. The molecule has 2 aromatic rings. The lowest BCUT2D eigenvalue weighted by molar-refractivity contribution is -0.159. The Balaban J connectivity index is 0.000000604. The third-order valence-corrected chi connectivity index (χ3v) is 5.30. The summed E-state index contributed by atoms with van der Waals surface area (Å²) in [5.41, 5.74) is 2.52. The van der Waals surface area contributed by atoms with Gasteiger partial charge in [0.15, 0.2) is 0 Å². The average molecular weight is 474 g/mol. The summed E-state index contributed by atoms with van der Waals surface area (Å²) in [4.78, 5) is 23.2. The van der Waals surface area contributed by atoms with Crippen molar-refractivity contribution in [3.63, 3.8) is 0 Å². The minimum atomic E-state index is -1.82. The summed E-state index contributed by atoms with van der Waals surface area (Å²) in [7, 11) is 0. The number of hydrogen-bond donors (Lipinski definition) is 4. The van der Waals surface area contributed by atoms with Crippen molar-refractivity contribution in [2.24, 2.45) is 0 Å². The standard InChI is InChI=1S/C23H33N3O2.C2H2O4/c27-23(20-28-19-22-9-5-2-6-10-22)17-24-11-12-25-13-15-26(16-14-25)18-21-7-3-1-4-8-21;3-1(4)2(5)6/h1-10,23-24,27H,11-20H2;(H,3,4)(H,5,6). The molecule has 0 amide bonds. The molecule has 3 rings (SSSR count). The molecule has 0 aliphatic carbocycles. The van der Waals surface area contributed by atoms with Crippen LogP contribution < -0.4 is 5.32 Å².